The molecule has 2 nitrogen and oxygen atoms in total. The first-order valence-electron chi connectivity index (χ1n) is 7.17. The van der Waals surface area contributed by atoms with Crippen molar-refractivity contribution in [1.82, 2.24) is 0 Å². The van der Waals surface area contributed by atoms with Crippen LogP contribution in [0, 0.1) is 12.3 Å². The molecular weight excluding hydrogens is 252 g/mol. The van der Waals surface area contributed by atoms with E-state index >= 15 is 0 Å². The summed E-state index contributed by atoms with van der Waals surface area (Å²) in [6.07, 6.45) is 3.76. The summed E-state index contributed by atoms with van der Waals surface area (Å²) in [6.45, 7) is 9.00. The smallest absolute Gasteiger partial charge is 0.106 e. The Bertz CT molecular complexity index is 478. The first-order chi connectivity index (χ1) is 9.03. The van der Waals surface area contributed by atoms with E-state index in [0.29, 0.717) is 10.4 Å². The van der Waals surface area contributed by atoms with Gasteiger partial charge in [0.2, 0.25) is 0 Å². The van der Waals surface area contributed by atoms with E-state index in [1.807, 2.05) is 12.1 Å². The third-order valence-corrected chi connectivity index (χ3v) is 4.98. The third kappa shape index (κ3) is 2.62. The second-order valence-corrected chi connectivity index (χ2v) is 6.15. The lowest BCUT2D eigenvalue weighted by atomic mass is 9.82. The number of para-hydroxylation sites is 1. The molecule has 0 amide bonds. The maximum Gasteiger partial charge on any atom is 0.106 e. The SMILES string of the molecule is CCC1(CC)CCN(c2c(C)cccc2C(N)=S)C1. The van der Waals surface area contributed by atoms with Crippen LogP contribution in [0.25, 0.3) is 0 Å². The van der Waals surface area contributed by atoms with Crippen LogP contribution in [0.3, 0.4) is 0 Å². The molecule has 2 rings (SSSR count). The van der Waals surface area contributed by atoms with Crippen LogP contribution >= 0.6 is 12.2 Å². The number of rotatable bonds is 4. The van der Waals surface area contributed by atoms with E-state index in [2.05, 4.69) is 31.7 Å². The lowest BCUT2D eigenvalue weighted by Crippen LogP contribution is -2.28. The van der Waals surface area contributed by atoms with Crippen molar-refractivity contribution in [1.29, 1.82) is 0 Å². The molecule has 1 aliphatic heterocycles. The zero-order valence-electron chi connectivity index (χ0n) is 12.2. The van der Waals surface area contributed by atoms with Gasteiger partial charge in [-0.2, -0.15) is 0 Å². The highest BCUT2D eigenvalue weighted by atomic mass is 32.1. The predicted molar refractivity (Wildman–Crippen MR) is 86.9 cm³/mol. The standard InChI is InChI=1S/C16H24N2S/c1-4-16(5-2)9-10-18(11-16)14-12(3)7-6-8-13(14)15(17)19/h6-8H,4-5,9-11H2,1-3H3,(H2,17,19). The minimum atomic E-state index is 0.468. The van der Waals surface area contributed by atoms with Crippen molar-refractivity contribution in [2.24, 2.45) is 11.1 Å². The number of benzene rings is 1. The van der Waals surface area contributed by atoms with Crippen LogP contribution in [0.5, 0.6) is 0 Å². The van der Waals surface area contributed by atoms with E-state index in [1.54, 1.807) is 0 Å². The Hall–Kier alpha value is -1.09. The fourth-order valence-corrected chi connectivity index (χ4v) is 3.40. The van der Waals surface area contributed by atoms with Gasteiger partial charge in [0.1, 0.15) is 4.99 Å². The molecule has 3 heteroatoms. The molecular formula is C16H24N2S. The van der Waals surface area contributed by atoms with Crippen molar-refractivity contribution in [2.75, 3.05) is 18.0 Å². The monoisotopic (exact) mass is 276 g/mol. The third-order valence-electron chi connectivity index (χ3n) is 4.76. The number of aryl methyl sites for hydroxylation is 1. The summed E-state index contributed by atoms with van der Waals surface area (Å²) >= 11 is 5.21. The van der Waals surface area contributed by atoms with Gasteiger partial charge in [0.05, 0.1) is 0 Å². The lowest BCUT2D eigenvalue weighted by Gasteiger charge is -2.29. The van der Waals surface area contributed by atoms with E-state index < -0.39 is 0 Å². The molecule has 19 heavy (non-hydrogen) atoms. The first-order valence-corrected chi connectivity index (χ1v) is 7.58. The van der Waals surface area contributed by atoms with Gasteiger partial charge in [-0.05, 0) is 43.2 Å². The molecule has 104 valence electrons. The van der Waals surface area contributed by atoms with E-state index in [0.717, 1.165) is 18.7 Å². The predicted octanol–water partition coefficient (Wildman–Crippen LogP) is 3.65. The second-order valence-electron chi connectivity index (χ2n) is 5.71. The average molecular weight is 276 g/mol. The van der Waals surface area contributed by atoms with Gasteiger partial charge in [-0.15, -0.1) is 0 Å². The van der Waals surface area contributed by atoms with Crippen LogP contribution in [0.2, 0.25) is 0 Å². The molecule has 0 saturated carbocycles. The topological polar surface area (TPSA) is 29.3 Å². The van der Waals surface area contributed by atoms with Crippen molar-refractivity contribution in [3.8, 4) is 0 Å². The van der Waals surface area contributed by atoms with Crippen LogP contribution in [0.15, 0.2) is 18.2 Å². The second kappa shape index (κ2) is 5.49. The lowest BCUT2D eigenvalue weighted by molar-refractivity contribution is 0.301. The minimum absolute atomic E-state index is 0.468. The van der Waals surface area contributed by atoms with Gasteiger partial charge in [-0.25, -0.2) is 0 Å². The highest BCUT2D eigenvalue weighted by Crippen LogP contribution is 2.40. The van der Waals surface area contributed by atoms with Crippen molar-refractivity contribution in [3.63, 3.8) is 0 Å². The highest BCUT2D eigenvalue weighted by molar-refractivity contribution is 7.80. The molecule has 1 heterocycles. The van der Waals surface area contributed by atoms with Crippen LogP contribution in [-0.2, 0) is 0 Å². The number of hydrogen-bond acceptors (Lipinski definition) is 2. The molecule has 2 N–H and O–H groups in total. The molecule has 1 saturated heterocycles. The maximum absolute atomic E-state index is 5.89. The molecule has 0 spiro atoms. The average Bonchev–Trinajstić information content (AvgIpc) is 2.83. The van der Waals surface area contributed by atoms with E-state index in [-0.39, 0.29) is 0 Å². The van der Waals surface area contributed by atoms with Crippen molar-refractivity contribution in [3.05, 3.63) is 29.3 Å². The number of anilines is 1. The molecule has 1 fully saturated rings. The number of thiocarbonyl (C=S) groups is 1. The fourth-order valence-electron chi connectivity index (χ4n) is 3.23. The Morgan fingerprint density at radius 1 is 1.37 bits per heavy atom. The molecule has 1 aliphatic rings. The summed E-state index contributed by atoms with van der Waals surface area (Å²) in [4.78, 5) is 2.99. The highest BCUT2D eigenvalue weighted by Gasteiger charge is 2.36. The molecule has 1 aromatic rings. The quantitative estimate of drug-likeness (QED) is 0.851. The molecule has 1 aromatic carbocycles. The van der Waals surface area contributed by atoms with Crippen LogP contribution < -0.4 is 10.6 Å². The molecule has 0 aliphatic carbocycles. The van der Waals surface area contributed by atoms with Crippen molar-refractivity contribution >= 4 is 22.9 Å². The Balaban J connectivity index is 2.36. The van der Waals surface area contributed by atoms with Crippen LogP contribution in [0.4, 0.5) is 5.69 Å². The zero-order valence-corrected chi connectivity index (χ0v) is 13.0. The van der Waals surface area contributed by atoms with Gasteiger partial charge in [0.15, 0.2) is 0 Å². The summed E-state index contributed by atoms with van der Waals surface area (Å²) in [5.74, 6) is 0. The van der Waals surface area contributed by atoms with Crippen LogP contribution in [0.1, 0.15) is 44.2 Å². The Labute approximate surface area is 122 Å². The van der Waals surface area contributed by atoms with Gasteiger partial charge in [-0.3, -0.25) is 0 Å². The van der Waals surface area contributed by atoms with Gasteiger partial charge in [0.25, 0.3) is 0 Å². The van der Waals surface area contributed by atoms with Gasteiger partial charge < -0.3 is 10.6 Å². The summed E-state index contributed by atoms with van der Waals surface area (Å²) in [5, 5.41) is 0. The van der Waals surface area contributed by atoms with Crippen LogP contribution in [-0.4, -0.2) is 18.1 Å². The molecule has 0 atom stereocenters. The minimum Gasteiger partial charge on any atom is -0.389 e. The maximum atomic E-state index is 5.89. The van der Waals surface area contributed by atoms with E-state index in [9.17, 15) is 0 Å². The summed E-state index contributed by atoms with van der Waals surface area (Å²) < 4.78 is 0. The van der Waals surface area contributed by atoms with Gasteiger partial charge in [0, 0.05) is 24.3 Å². The van der Waals surface area contributed by atoms with Gasteiger partial charge in [-0.1, -0.05) is 38.2 Å². The fraction of sp³-hybridized carbons (Fsp3) is 0.562. The van der Waals surface area contributed by atoms with Crippen molar-refractivity contribution in [2.45, 2.75) is 40.0 Å². The van der Waals surface area contributed by atoms with E-state index in [4.69, 9.17) is 18.0 Å². The Morgan fingerprint density at radius 3 is 2.58 bits per heavy atom. The van der Waals surface area contributed by atoms with Crippen molar-refractivity contribution < 1.29 is 0 Å². The normalized spacial score (nSPS) is 17.7. The molecule has 0 radical (unpaired) electrons. The molecule has 0 unspecified atom stereocenters. The molecule has 0 aromatic heterocycles. The number of hydrogen-bond donors (Lipinski definition) is 1. The number of nitrogens with two attached hydrogens (primary N) is 1. The Morgan fingerprint density at radius 2 is 2.05 bits per heavy atom. The Kier molecular flexibility index (Phi) is 4.14. The van der Waals surface area contributed by atoms with E-state index in [1.165, 1.54) is 30.5 Å². The first kappa shape index (κ1) is 14.3. The zero-order chi connectivity index (χ0) is 14.0. The summed E-state index contributed by atoms with van der Waals surface area (Å²) in [7, 11) is 0. The summed E-state index contributed by atoms with van der Waals surface area (Å²) in [6, 6.07) is 6.23. The molecule has 0 bridgehead atoms. The number of nitrogens with zero attached hydrogens (tertiary/aromatic N) is 1. The van der Waals surface area contributed by atoms with Gasteiger partial charge >= 0.3 is 0 Å². The summed E-state index contributed by atoms with van der Waals surface area (Å²) in [5.41, 5.74) is 9.90. The largest absolute Gasteiger partial charge is 0.389 e.